The normalized spacial score (nSPS) is 11.0. The highest BCUT2D eigenvalue weighted by Crippen LogP contribution is 2.20. The van der Waals surface area contributed by atoms with E-state index in [0.29, 0.717) is 23.5 Å². The van der Waals surface area contributed by atoms with Gasteiger partial charge in [-0.25, -0.2) is 14.6 Å². The summed E-state index contributed by atoms with van der Waals surface area (Å²) in [4.78, 5) is 21.1. The summed E-state index contributed by atoms with van der Waals surface area (Å²) in [5.41, 5.74) is 1.60. The summed E-state index contributed by atoms with van der Waals surface area (Å²) in [6.07, 6.45) is 4.70. The number of ketones is 1. The van der Waals surface area contributed by atoms with Crippen LogP contribution in [0.5, 0.6) is 0 Å². The lowest BCUT2D eigenvalue weighted by molar-refractivity contribution is 0.103. The fraction of sp³-hybridized carbons (Fsp3) is 0.263. The Balaban J connectivity index is 1.90. The number of hydrogen-bond donors (Lipinski definition) is 1. The van der Waals surface area contributed by atoms with Crippen LogP contribution in [0.25, 0.3) is 5.69 Å². The van der Waals surface area contributed by atoms with Crippen molar-refractivity contribution in [3.8, 4) is 11.8 Å². The monoisotopic (exact) mass is 361 g/mol. The van der Waals surface area contributed by atoms with Crippen molar-refractivity contribution < 1.29 is 4.79 Å². The van der Waals surface area contributed by atoms with E-state index < -0.39 is 0 Å². The Kier molecular flexibility index (Phi) is 4.94. The average Bonchev–Trinajstić information content (AvgIpc) is 3.20. The van der Waals surface area contributed by atoms with Crippen LogP contribution >= 0.6 is 0 Å². The summed E-state index contributed by atoms with van der Waals surface area (Å²) in [7, 11) is 0. The van der Waals surface area contributed by atoms with Gasteiger partial charge < -0.3 is 5.32 Å². The van der Waals surface area contributed by atoms with Gasteiger partial charge in [0.2, 0.25) is 5.82 Å². The standard InChI is InChI=1S/C19H19N7O/c1-19(2,3)12-22-18-15(11-21-16(10-20)24-18)17(27)13-4-6-14(7-5-13)26-9-8-23-25-26/h4-9,11H,12H2,1-3H3,(H,21,22,24). The molecule has 136 valence electrons. The summed E-state index contributed by atoms with van der Waals surface area (Å²) in [6, 6.07) is 8.90. The average molecular weight is 361 g/mol. The molecular weight excluding hydrogens is 342 g/mol. The van der Waals surface area contributed by atoms with Crippen LogP contribution < -0.4 is 5.32 Å². The van der Waals surface area contributed by atoms with Crippen molar-refractivity contribution in [3.63, 3.8) is 0 Å². The Labute approximate surface area is 156 Å². The van der Waals surface area contributed by atoms with Crippen LogP contribution in [0.2, 0.25) is 0 Å². The number of hydrogen-bond acceptors (Lipinski definition) is 7. The van der Waals surface area contributed by atoms with E-state index in [1.165, 1.54) is 6.20 Å². The summed E-state index contributed by atoms with van der Waals surface area (Å²) in [6.45, 7) is 6.80. The van der Waals surface area contributed by atoms with E-state index in [9.17, 15) is 4.79 Å². The van der Waals surface area contributed by atoms with E-state index in [1.54, 1.807) is 41.3 Å². The van der Waals surface area contributed by atoms with Gasteiger partial charge >= 0.3 is 0 Å². The van der Waals surface area contributed by atoms with Crippen molar-refractivity contribution in [2.45, 2.75) is 20.8 Å². The van der Waals surface area contributed by atoms with Crippen LogP contribution in [-0.2, 0) is 0 Å². The molecule has 2 aromatic heterocycles. The molecule has 3 aromatic rings. The van der Waals surface area contributed by atoms with Gasteiger partial charge in [0.05, 0.1) is 23.6 Å². The van der Waals surface area contributed by atoms with E-state index >= 15 is 0 Å². The van der Waals surface area contributed by atoms with Crippen molar-refractivity contribution in [2.75, 3.05) is 11.9 Å². The minimum atomic E-state index is -0.221. The first-order valence-electron chi connectivity index (χ1n) is 8.40. The summed E-state index contributed by atoms with van der Waals surface area (Å²) in [5.74, 6) is 0.160. The number of carbonyl (C=O) groups is 1. The zero-order valence-corrected chi connectivity index (χ0v) is 15.3. The number of nitriles is 1. The van der Waals surface area contributed by atoms with Gasteiger partial charge in [-0.3, -0.25) is 4.79 Å². The quantitative estimate of drug-likeness (QED) is 0.696. The first-order chi connectivity index (χ1) is 12.9. The van der Waals surface area contributed by atoms with Gasteiger partial charge in [0.1, 0.15) is 11.9 Å². The van der Waals surface area contributed by atoms with Crippen molar-refractivity contribution in [2.24, 2.45) is 5.41 Å². The van der Waals surface area contributed by atoms with E-state index in [0.717, 1.165) is 5.69 Å². The molecule has 0 fully saturated rings. The highest BCUT2D eigenvalue weighted by atomic mass is 16.1. The maximum Gasteiger partial charge on any atom is 0.234 e. The predicted molar refractivity (Wildman–Crippen MR) is 99.5 cm³/mol. The summed E-state index contributed by atoms with van der Waals surface area (Å²) in [5, 5.41) is 19.9. The van der Waals surface area contributed by atoms with E-state index in [-0.39, 0.29) is 17.0 Å². The van der Waals surface area contributed by atoms with Gasteiger partial charge in [0.25, 0.3) is 0 Å². The maximum atomic E-state index is 13.0. The molecule has 0 amide bonds. The molecule has 3 rings (SSSR count). The molecule has 0 bridgehead atoms. The van der Waals surface area contributed by atoms with Gasteiger partial charge in [0.15, 0.2) is 5.78 Å². The first kappa shape index (κ1) is 18.2. The zero-order valence-electron chi connectivity index (χ0n) is 15.3. The highest BCUT2D eigenvalue weighted by molar-refractivity contribution is 6.11. The third kappa shape index (κ3) is 4.33. The Morgan fingerprint density at radius 3 is 2.59 bits per heavy atom. The fourth-order valence-electron chi connectivity index (χ4n) is 2.35. The van der Waals surface area contributed by atoms with Gasteiger partial charge in [-0.15, -0.1) is 5.10 Å². The molecule has 1 N–H and O–H groups in total. The van der Waals surface area contributed by atoms with Gasteiger partial charge in [-0.2, -0.15) is 5.26 Å². The summed E-state index contributed by atoms with van der Waals surface area (Å²) < 4.78 is 1.61. The van der Waals surface area contributed by atoms with Gasteiger partial charge in [-0.05, 0) is 29.7 Å². The van der Waals surface area contributed by atoms with Gasteiger partial charge in [-0.1, -0.05) is 26.0 Å². The number of nitrogens with zero attached hydrogens (tertiary/aromatic N) is 6. The molecule has 0 unspecified atom stereocenters. The van der Waals surface area contributed by atoms with Crippen molar-refractivity contribution in [1.82, 2.24) is 25.0 Å². The molecule has 0 saturated heterocycles. The highest BCUT2D eigenvalue weighted by Gasteiger charge is 2.19. The Morgan fingerprint density at radius 2 is 2.00 bits per heavy atom. The fourth-order valence-corrected chi connectivity index (χ4v) is 2.35. The minimum absolute atomic E-state index is 0.0163. The lowest BCUT2D eigenvalue weighted by Crippen LogP contribution is -2.21. The second-order valence-corrected chi connectivity index (χ2v) is 7.21. The number of benzene rings is 1. The predicted octanol–water partition coefficient (Wildman–Crippen LogP) is 2.62. The largest absolute Gasteiger partial charge is 0.369 e. The van der Waals surface area contributed by atoms with Crippen LogP contribution in [0, 0.1) is 16.7 Å². The lowest BCUT2D eigenvalue weighted by Gasteiger charge is -2.20. The smallest absolute Gasteiger partial charge is 0.234 e. The Morgan fingerprint density at radius 1 is 1.26 bits per heavy atom. The third-order valence-electron chi connectivity index (χ3n) is 3.74. The Bertz CT molecular complexity index is 980. The molecule has 0 aliphatic rings. The summed E-state index contributed by atoms with van der Waals surface area (Å²) >= 11 is 0. The van der Waals surface area contributed by atoms with Crippen molar-refractivity contribution >= 4 is 11.6 Å². The SMILES string of the molecule is CC(C)(C)CNc1nc(C#N)ncc1C(=O)c1ccc(-n2ccnn2)cc1. The van der Waals surface area contributed by atoms with Crippen LogP contribution in [0.15, 0.2) is 42.9 Å². The van der Waals surface area contributed by atoms with Crippen LogP contribution in [-0.4, -0.2) is 37.3 Å². The molecule has 0 radical (unpaired) electrons. The molecule has 0 atom stereocenters. The molecular formula is C19H19N7O. The number of rotatable bonds is 5. The second kappa shape index (κ2) is 7.33. The van der Waals surface area contributed by atoms with Gasteiger partial charge in [0, 0.05) is 18.3 Å². The molecule has 8 nitrogen and oxygen atoms in total. The van der Waals surface area contributed by atoms with Crippen LogP contribution in [0.1, 0.15) is 42.5 Å². The number of aromatic nitrogens is 5. The minimum Gasteiger partial charge on any atom is -0.369 e. The zero-order chi connectivity index (χ0) is 19.4. The molecule has 8 heteroatoms. The second-order valence-electron chi connectivity index (χ2n) is 7.21. The number of carbonyl (C=O) groups excluding carboxylic acids is 1. The topological polar surface area (TPSA) is 109 Å². The van der Waals surface area contributed by atoms with Crippen LogP contribution in [0.3, 0.4) is 0 Å². The molecule has 27 heavy (non-hydrogen) atoms. The Hall–Kier alpha value is -3.60. The maximum absolute atomic E-state index is 13.0. The molecule has 0 spiro atoms. The number of anilines is 1. The van der Waals surface area contributed by atoms with E-state index in [1.807, 2.05) is 6.07 Å². The first-order valence-corrected chi connectivity index (χ1v) is 8.40. The molecule has 2 heterocycles. The van der Waals surface area contributed by atoms with E-state index in [4.69, 9.17) is 5.26 Å². The lowest BCUT2D eigenvalue weighted by atomic mass is 9.97. The molecule has 0 saturated carbocycles. The number of nitrogens with one attached hydrogen (secondary N) is 1. The van der Waals surface area contributed by atoms with E-state index in [2.05, 4.69) is 46.4 Å². The van der Waals surface area contributed by atoms with Crippen LogP contribution in [0.4, 0.5) is 5.82 Å². The third-order valence-corrected chi connectivity index (χ3v) is 3.74. The molecule has 0 aliphatic carbocycles. The van der Waals surface area contributed by atoms with Crippen molar-refractivity contribution in [3.05, 3.63) is 59.8 Å². The molecule has 0 aliphatic heterocycles. The molecule has 1 aromatic carbocycles. The van der Waals surface area contributed by atoms with Crippen molar-refractivity contribution in [1.29, 1.82) is 5.26 Å².